The van der Waals surface area contributed by atoms with Gasteiger partial charge in [0.2, 0.25) is 5.91 Å². The molecule has 31 heavy (non-hydrogen) atoms. The van der Waals surface area contributed by atoms with Gasteiger partial charge in [-0.1, -0.05) is 19.9 Å². The number of amides is 2. The SMILES string of the molecule is COc1cccc(NC(=O)C2Cn3ccnc3C3(CCN(C(=O)CC(C)C)CC3)O2)c1. The number of hydrogen-bond donors (Lipinski definition) is 1. The van der Waals surface area contributed by atoms with Crippen LogP contribution in [0.5, 0.6) is 5.75 Å². The van der Waals surface area contributed by atoms with Crippen molar-refractivity contribution in [3.8, 4) is 5.75 Å². The number of ether oxygens (including phenoxy) is 2. The number of carbonyl (C=O) groups excluding carboxylic acids is 2. The molecular weight excluding hydrogens is 396 g/mol. The third kappa shape index (κ3) is 4.44. The normalized spacial score (nSPS) is 19.9. The van der Waals surface area contributed by atoms with E-state index in [9.17, 15) is 9.59 Å². The van der Waals surface area contributed by atoms with Gasteiger partial charge in [0.05, 0.1) is 13.7 Å². The van der Waals surface area contributed by atoms with Crippen molar-refractivity contribution < 1.29 is 19.1 Å². The summed E-state index contributed by atoms with van der Waals surface area (Å²) in [6.45, 7) is 5.71. The Morgan fingerprint density at radius 2 is 2.10 bits per heavy atom. The lowest BCUT2D eigenvalue weighted by molar-refractivity contribution is -0.172. The maximum Gasteiger partial charge on any atom is 0.255 e. The molecule has 8 heteroatoms. The van der Waals surface area contributed by atoms with Gasteiger partial charge >= 0.3 is 0 Å². The molecule has 4 rings (SSSR count). The second-order valence-electron chi connectivity index (χ2n) is 8.70. The van der Waals surface area contributed by atoms with Crippen molar-refractivity contribution in [3.05, 3.63) is 42.5 Å². The Morgan fingerprint density at radius 3 is 2.81 bits per heavy atom. The molecule has 2 aliphatic heterocycles. The van der Waals surface area contributed by atoms with E-state index in [0.29, 0.717) is 56.3 Å². The summed E-state index contributed by atoms with van der Waals surface area (Å²) in [6.07, 6.45) is 4.79. The molecule has 1 spiro atoms. The van der Waals surface area contributed by atoms with Crippen molar-refractivity contribution in [2.24, 2.45) is 5.92 Å². The van der Waals surface area contributed by atoms with E-state index < -0.39 is 11.7 Å². The molecule has 8 nitrogen and oxygen atoms in total. The van der Waals surface area contributed by atoms with Crippen LogP contribution >= 0.6 is 0 Å². The van der Waals surface area contributed by atoms with E-state index in [0.717, 1.165) is 5.82 Å². The minimum absolute atomic E-state index is 0.177. The van der Waals surface area contributed by atoms with Crippen molar-refractivity contribution in [2.75, 3.05) is 25.5 Å². The molecule has 1 fully saturated rings. The summed E-state index contributed by atoms with van der Waals surface area (Å²) < 4.78 is 13.7. The second-order valence-corrected chi connectivity index (χ2v) is 8.70. The molecule has 1 N–H and O–H groups in total. The molecule has 2 aromatic rings. The number of fused-ring (bicyclic) bond motifs is 2. The van der Waals surface area contributed by atoms with Crippen LogP contribution in [0, 0.1) is 5.92 Å². The molecule has 1 aromatic heterocycles. The predicted octanol–water partition coefficient (Wildman–Crippen LogP) is 2.79. The zero-order valence-corrected chi connectivity index (χ0v) is 18.3. The van der Waals surface area contributed by atoms with Crippen LogP contribution in [0.1, 0.15) is 38.9 Å². The number of imidazole rings is 1. The monoisotopic (exact) mass is 426 g/mol. The minimum Gasteiger partial charge on any atom is -0.497 e. The summed E-state index contributed by atoms with van der Waals surface area (Å²) in [5.41, 5.74) is -0.000225. The Bertz CT molecular complexity index is 947. The summed E-state index contributed by atoms with van der Waals surface area (Å²) in [7, 11) is 1.59. The van der Waals surface area contributed by atoms with Crippen LogP contribution in [0.25, 0.3) is 0 Å². The average molecular weight is 427 g/mol. The van der Waals surface area contributed by atoms with E-state index in [1.165, 1.54) is 0 Å². The number of benzene rings is 1. The predicted molar refractivity (Wildman–Crippen MR) is 116 cm³/mol. The van der Waals surface area contributed by atoms with Crippen molar-refractivity contribution in [1.82, 2.24) is 14.5 Å². The van der Waals surface area contributed by atoms with Crippen molar-refractivity contribution in [1.29, 1.82) is 0 Å². The largest absolute Gasteiger partial charge is 0.497 e. The summed E-state index contributed by atoms with van der Waals surface area (Å²) in [5, 5.41) is 2.94. The number of nitrogens with one attached hydrogen (secondary N) is 1. The molecule has 166 valence electrons. The van der Waals surface area contributed by atoms with Gasteiger partial charge in [0.15, 0.2) is 6.10 Å². The van der Waals surface area contributed by atoms with Gasteiger partial charge in [0.25, 0.3) is 5.91 Å². The lowest BCUT2D eigenvalue weighted by atomic mass is 9.88. The minimum atomic E-state index is -0.660. The van der Waals surface area contributed by atoms with E-state index in [4.69, 9.17) is 9.47 Å². The maximum atomic E-state index is 13.0. The van der Waals surface area contributed by atoms with Crippen LogP contribution in [0.4, 0.5) is 5.69 Å². The summed E-state index contributed by atoms with van der Waals surface area (Å²) in [6, 6.07) is 7.25. The first-order valence-electron chi connectivity index (χ1n) is 10.8. The average Bonchev–Trinajstić information content (AvgIpc) is 3.23. The fourth-order valence-electron chi connectivity index (χ4n) is 4.39. The van der Waals surface area contributed by atoms with Crippen LogP contribution in [-0.4, -0.2) is 52.6 Å². The molecule has 0 saturated carbocycles. The molecule has 2 amide bonds. The standard InChI is InChI=1S/C23H30N4O4/c1-16(2)13-20(28)26-10-7-23(8-11-26)22-24-9-12-27(22)15-19(31-23)21(29)25-17-5-4-6-18(14-17)30-3/h4-6,9,12,14,16,19H,7-8,10-11,13,15H2,1-3H3,(H,25,29). The quantitative estimate of drug-likeness (QED) is 0.795. The van der Waals surface area contributed by atoms with Gasteiger partial charge in [0, 0.05) is 56.5 Å². The first kappa shape index (κ1) is 21.4. The topological polar surface area (TPSA) is 85.7 Å². The second kappa shape index (κ2) is 8.70. The number of rotatable bonds is 5. The summed E-state index contributed by atoms with van der Waals surface area (Å²) >= 11 is 0. The Labute approximate surface area is 182 Å². The van der Waals surface area contributed by atoms with Gasteiger partial charge in [-0.2, -0.15) is 0 Å². The van der Waals surface area contributed by atoms with Crippen LogP contribution in [-0.2, 0) is 26.5 Å². The Balaban J connectivity index is 1.48. The Morgan fingerprint density at radius 1 is 1.32 bits per heavy atom. The van der Waals surface area contributed by atoms with E-state index >= 15 is 0 Å². The van der Waals surface area contributed by atoms with Crippen LogP contribution in [0.15, 0.2) is 36.7 Å². The van der Waals surface area contributed by atoms with Crippen molar-refractivity contribution in [2.45, 2.75) is 51.4 Å². The van der Waals surface area contributed by atoms with Crippen molar-refractivity contribution in [3.63, 3.8) is 0 Å². The van der Waals surface area contributed by atoms with Crippen LogP contribution in [0.3, 0.4) is 0 Å². The number of anilines is 1. The van der Waals surface area contributed by atoms with Crippen LogP contribution in [0.2, 0.25) is 0 Å². The molecule has 1 aromatic carbocycles. The van der Waals surface area contributed by atoms with Gasteiger partial charge in [-0.25, -0.2) is 4.98 Å². The highest BCUT2D eigenvalue weighted by atomic mass is 16.5. The molecule has 2 aliphatic rings. The molecule has 1 saturated heterocycles. The van der Waals surface area contributed by atoms with Crippen molar-refractivity contribution >= 4 is 17.5 Å². The fraction of sp³-hybridized carbons (Fsp3) is 0.522. The van der Waals surface area contributed by atoms with E-state index in [1.54, 1.807) is 19.4 Å². The number of piperidine rings is 1. The zero-order chi connectivity index (χ0) is 22.0. The number of likely N-dealkylation sites (tertiary alicyclic amines) is 1. The molecule has 1 atom stereocenters. The number of aromatic nitrogens is 2. The summed E-state index contributed by atoms with van der Waals surface area (Å²) in [5.74, 6) is 1.82. The smallest absolute Gasteiger partial charge is 0.255 e. The highest BCUT2D eigenvalue weighted by Crippen LogP contribution is 2.40. The molecule has 0 bridgehead atoms. The maximum absolute atomic E-state index is 13.0. The lowest BCUT2D eigenvalue weighted by Crippen LogP contribution is -2.54. The van der Waals surface area contributed by atoms with E-state index in [2.05, 4.69) is 24.1 Å². The highest BCUT2D eigenvalue weighted by molar-refractivity contribution is 5.94. The number of hydrogen-bond acceptors (Lipinski definition) is 5. The first-order chi connectivity index (χ1) is 14.9. The third-order valence-corrected chi connectivity index (χ3v) is 5.99. The first-order valence-corrected chi connectivity index (χ1v) is 10.8. The molecular formula is C23H30N4O4. The van der Waals surface area contributed by atoms with Gasteiger partial charge in [-0.05, 0) is 18.1 Å². The molecule has 0 radical (unpaired) electrons. The zero-order valence-electron chi connectivity index (χ0n) is 18.3. The van der Waals surface area contributed by atoms with E-state index in [1.807, 2.05) is 33.9 Å². The molecule has 3 heterocycles. The molecule has 0 aliphatic carbocycles. The van der Waals surface area contributed by atoms with Crippen LogP contribution < -0.4 is 10.1 Å². The molecule has 1 unspecified atom stereocenters. The Hall–Kier alpha value is -2.87. The Kier molecular flexibility index (Phi) is 6.00. The highest BCUT2D eigenvalue weighted by Gasteiger charge is 2.47. The third-order valence-electron chi connectivity index (χ3n) is 5.99. The number of carbonyl (C=O) groups is 2. The number of methoxy groups -OCH3 is 1. The van der Waals surface area contributed by atoms with Gasteiger partial charge in [0.1, 0.15) is 17.2 Å². The van der Waals surface area contributed by atoms with Gasteiger partial charge in [-0.3, -0.25) is 9.59 Å². The summed E-state index contributed by atoms with van der Waals surface area (Å²) in [4.78, 5) is 32.0. The van der Waals surface area contributed by atoms with Gasteiger partial charge < -0.3 is 24.3 Å². The van der Waals surface area contributed by atoms with E-state index in [-0.39, 0.29) is 11.8 Å². The van der Waals surface area contributed by atoms with Gasteiger partial charge in [-0.15, -0.1) is 0 Å². The fourth-order valence-corrected chi connectivity index (χ4v) is 4.39. The lowest BCUT2D eigenvalue weighted by Gasteiger charge is -2.45. The number of nitrogens with zero attached hydrogens (tertiary/aromatic N) is 3.